The Morgan fingerprint density at radius 1 is 0.397 bits per heavy atom. The van der Waals surface area contributed by atoms with Crippen LogP contribution in [0.15, 0.2) is 48.5 Å². The topological polar surface area (TPSA) is 345 Å². The summed E-state index contributed by atoms with van der Waals surface area (Å²) in [7, 11) is -3.76. The predicted octanol–water partition coefficient (Wildman–Crippen LogP) is -0.172. The standard InChI is InChI=1S/C26H42N5O9P.C25H39N5O7/c1-20(2)27-26(38)22-5-3-21(4-6-22)18-41(39,40)19-31-13-11-29(16-24(34)35)9-7-28(15-23(32)33)8-10-30(12-14-31)17-25(36)37;1-19(2)26-25(37)21-5-3-20(4-6-21)15-27-7-9-28(16-22(31)32)11-13-30(18-24(35)36)14-12-29(10-8-27)17-23(33)34/h3-6,20H,7-19H2,1-2H3,(H,27,38)(H,32,33)(H,34,35)(H,36,37)(H,39,40);3-6,19H,7-18H2,1-2H3,(H,26,37)(H,31,32)(H,33,34)(H,35,36). The van der Waals surface area contributed by atoms with Crippen molar-refractivity contribution in [2.45, 2.75) is 52.5 Å². The summed E-state index contributed by atoms with van der Waals surface area (Å²) >= 11 is 0. The van der Waals surface area contributed by atoms with Crippen molar-refractivity contribution in [2.75, 3.05) is 150 Å². The summed E-state index contributed by atoms with van der Waals surface area (Å²) in [6, 6.07) is 13.8. The highest BCUT2D eigenvalue weighted by molar-refractivity contribution is 7.57. The molecule has 0 radical (unpaired) electrons. The van der Waals surface area contributed by atoms with Gasteiger partial charge < -0.3 is 46.2 Å². The Kier molecular flexibility index (Phi) is 29.1. The number of carboxylic acids is 6. The lowest BCUT2D eigenvalue weighted by Gasteiger charge is -2.33. The molecule has 4 rings (SSSR count). The molecule has 78 heavy (non-hydrogen) atoms. The van der Waals surface area contributed by atoms with E-state index in [0.717, 1.165) is 5.56 Å². The third kappa shape index (κ3) is 28.6. The van der Waals surface area contributed by atoms with Gasteiger partial charge in [0.1, 0.15) is 0 Å². The average Bonchev–Trinajstić information content (AvgIpc) is 3.32. The highest BCUT2D eigenvalue weighted by Crippen LogP contribution is 2.45. The van der Waals surface area contributed by atoms with Crippen molar-refractivity contribution in [1.82, 2.24) is 49.8 Å². The fourth-order valence-corrected chi connectivity index (χ4v) is 10.5. The number of nitrogens with zero attached hydrogens (tertiary/aromatic N) is 8. The van der Waals surface area contributed by atoms with Gasteiger partial charge >= 0.3 is 35.8 Å². The first kappa shape index (κ1) is 66.4. The van der Waals surface area contributed by atoms with E-state index in [9.17, 15) is 78.5 Å². The zero-order valence-corrected chi connectivity index (χ0v) is 46.2. The summed E-state index contributed by atoms with van der Waals surface area (Å²) in [5, 5.41) is 61.6. The van der Waals surface area contributed by atoms with Gasteiger partial charge in [0, 0.05) is 134 Å². The number of aliphatic carboxylic acids is 6. The molecule has 2 fully saturated rings. The first-order chi connectivity index (χ1) is 36.7. The molecule has 436 valence electrons. The lowest BCUT2D eigenvalue weighted by Crippen LogP contribution is -2.48. The number of carbonyl (C=O) groups is 8. The number of benzene rings is 2. The van der Waals surface area contributed by atoms with Crippen LogP contribution in [0.1, 0.15) is 59.5 Å². The molecule has 0 aliphatic carbocycles. The van der Waals surface area contributed by atoms with E-state index < -0.39 is 43.2 Å². The van der Waals surface area contributed by atoms with Crippen molar-refractivity contribution >= 4 is 55.0 Å². The van der Waals surface area contributed by atoms with Crippen molar-refractivity contribution in [1.29, 1.82) is 0 Å². The van der Waals surface area contributed by atoms with Gasteiger partial charge in [-0.15, -0.1) is 0 Å². The van der Waals surface area contributed by atoms with E-state index in [2.05, 4.69) is 15.5 Å². The maximum atomic E-state index is 13.3. The summed E-state index contributed by atoms with van der Waals surface area (Å²) in [4.78, 5) is 118. The van der Waals surface area contributed by atoms with Crippen LogP contribution in [-0.2, 0) is 46.0 Å². The van der Waals surface area contributed by atoms with Gasteiger partial charge in [0.2, 0.25) is 7.37 Å². The van der Waals surface area contributed by atoms with Crippen LogP contribution in [0.4, 0.5) is 0 Å². The zero-order chi connectivity index (χ0) is 58.0. The van der Waals surface area contributed by atoms with E-state index in [1.807, 2.05) is 39.8 Å². The van der Waals surface area contributed by atoms with E-state index >= 15 is 0 Å². The average molecular weight is 1120 g/mol. The van der Waals surface area contributed by atoms with Gasteiger partial charge in [-0.2, -0.15) is 0 Å². The minimum absolute atomic E-state index is 0.0265. The minimum atomic E-state index is -3.76. The largest absolute Gasteiger partial charge is 0.480 e. The Labute approximate surface area is 455 Å². The second-order valence-corrected chi connectivity index (χ2v) is 22.5. The Morgan fingerprint density at radius 2 is 0.628 bits per heavy atom. The van der Waals surface area contributed by atoms with E-state index in [4.69, 9.17) is 0 Å². The molecule has 2 aliphatic rings. The van der Waals surface area contributed by atoms with Crippen LogP contribution in [0, 0.1) is 0 Å². The number of rotatable bonds is 22. The number of carbonyl (C=O) groups excluding carboxylic acids is 2. The quantitative estimate of drug-likeness (QED) is 0.0691. The molecule has 26 nitrogen and oxygen atoms in total. The van der Waals surface area contributed by atoms with Crippen molar-refractivity contribution in [3.05, 3.63) is 70.8 Å². The fraction of sp³-hybridized carbons (Fsp3) is 0.608. The molecule has 2 heterocycles. The SMILES string of the molecule is CC(C)NC(=O)c1ccc(CN2CCN(CC(=O)O)CCN(CC(=O)O)CCN(CC(=O)O)CC2)cc1.CC(C)NC(=O)c1ccc(CP(=O)(O)CN2CCN(CC(=O)O)CCN(CC(=O)O)CCN(CC(=O)O)CC2)cc1. The van der Waals surface area contributed by atoms with Gasteiger partial charge in [-0.3, -0.25) is 82.1 Å². The summed E-state index contributed by atoms with van der Waals surface area (Å²) in [5.41, 5.74) is 2.58. The van der Waals surface area contributed by atoms with Gasteiger partial charge in [0.15, 0.2) is 0 Å². The number of hydrogen-bond donors (Lipinski definition) is 9. The molecule has 1 unspecified atom stereocenters. The van der Waals surface area contributed by atoms with E-state index in [1.54, 1.807) is 70.7 Å². The summed E-state index contributed by atoms with van der Waals surface area (Å²) in [6.45, 7) is 12.3. The normalized spacial score (nSPS) is 18.1. The molecule has 0 saturated carbocycles. The van der Waals surface area contributed by atoms with Gasteiger partial charge in [0.05, 0.1) is 51.7 Å². The van der Waals surface area contributed by atoms with Crippen LogP contribution in [0.25, 0.3) is 0 Å². The van der Waals surface area contributed by atoms with Crippen LogP contribution in [0.3, 0.4) is 0 Å². The maximum absolute atomic E-state index is 13.3. The Hall–Kier alpha value is -5.93. The molecule has 2 amide bonds. The number of nitrogens with one attached hydrogen (secondary N) is 2. The molecular weight excluding hydrogens is 1040 g/mol. The Bertz CT molecular complexity index is 2250. The molecule has 2 saturated heterocycles. The van der Waals surface area contributed by atoms with Gasteiger partial charge in [-0.25, -0.2) is 0 Å². The van der Waals surface area contributed by atoms with Gasteiger partial charge in [-0.1, -0.05) is 24.3 Å². The Morgan fingerprint density at radius 3 is 0.872 bits per heavy atom. The smallest absolute Gasteiger partial charge is 0.317 e. The minimum Gasteiger partial charge on any atom is -0.480 e. The Balaban J connectivity index is 0.000000412. The highest BCUT2D eigenvalue weighted by Gasteiger charge is 2.27. The van der Waals surface area contributed by atoms with Crippen molar-refractivity contribution in [3.63, 3.8) is 0 Å². The van der Waals surface area contributed by atoms with Crippen molar-refractivity contribution in [2.24, 2.45) is 0 Å². The third-order valence-electron chi connectivity index (χ3n) is 12.5. The molecule has 0 bridgehead atoms. The molecule has 2 aromatic rings. The number of carboxylic acid groups (broad SMARTS) is 6. The zero-order valence-electron chi connectivity index (χ0n) is 45.3. The molecule has 1 atom stereocenters. The highest BCUT2D eigenvalue weighted by atomic mass is 31.2. The van der Waals surface area contributed by atoms with Crippen molar-refractivity contribution < 1.29 is 78.5 Å². The van der Waals surface area contributed by atoms with Crippen LogP contribution < -0.4 is 10.6 Å². The van der Waals surface area contributed by atoms with E-state index in [-0.39, 0.29) is 128 Å². The molecule has 2 aromatic carbocycles. The van der Waals surface area contributed by atoms with Crippen LogP contribution in [0.5, 0.6) is 0 Å². The monoisotopic (exact) mass is 1120 g/mol. The summed E-state index contributed by atoms with van der Waals surface area (Å²) in [5.74, 6) is -6.39. The first-order valence-electron chi connectivity index (χ1n) is 25.9. The van der Waals surface area contributed by atoms with Crippen LogP contribution >= 0.6 is 7.37 Å². The second kappa shape index (κ2) is 34.2. The first-order valence-corrected chi connectivity index (χ1v) is 28.0. The molecule has 0 spiro atoms. The molecule has 9 N–H and O–H groups in total. The van der Waals surface area contributed by atoms with Crippen molar-refractivity contribution in [3.8, 4) is 0 Å². The second-order valence-electron chi connectivity index (χ2n) is 20.2. The number of hydrogen-bond acceptors (Lipinski definition) is 17. The summed E-state index contributed by atoms with van der Waals surface area (Å²) in [6.07, 6.45) is -0.313. The fourth-order valence-electron chi connectivity index (χ4n) is 8.67. The lowest BCUT2D eigenvalue weighted by molar-refractivity contribution is -0.140. The molecule has 2 aliphatic heterocycles. The van der Waals surface area contributed by atoms with Crippen LogP contribution in [-0.4, -0.2) is 285 Å². The molecular formula is C51H81N10O16P. The van der Waals surface area contributed by atoms with E-state index in [1.165, 1.54) is 0 Å². The summed E-state index contributed by atoms with van der Waals surface area (Å²) < 4.78 is 13.3. The van der Waals surface area contributed by atoms with E-state index in [0.29, 0.717) is 75.6 Å². The predicted molar refractivity (Wildman–Crippen MR) is 288 cm³/mol. The number of amides is 2. The molecule has 27 heteroatoms. The molecule has 0 aromatic heterocycles. The lowest BCUT2D eigenvalue weighted by atomic mass is 10.1. The van der Waals surface area contributed by atoms with Gasteiger partial charge in [-0.05, 0) is 63.1 Å². The van der Waals surface area contributed by atoms with Crippen LogP contribution in [0.2, 0.25) is 0 Å². The van der Waals surface area contributed by atoms with Gasteiger partial charge in [0.25, 0.3) is 11.8 Å². The maximum Gasteiger partial charge on any atom is 0.317 e. The third-order valence-corrected chi connectivity index (χ3v) is 14.2.